The summed E-state index contributed by atoms with van der Waals surface area (Å²) in [6.07, 6.45) is 0. The van der Waals surface area contributed by atoms with Crippen molar-refractivity contribution in [3.63, 3.8) is 0 Å². The zero-order valence-electron chi connectivity index (χ0n) is 8.08. The highest BCUT2D eigenvalue weighted by molar-refractivity contribution is 7.80. The van der Waals surface area contributed by atoms with Crippen LogP contribution in [-0.2, 0) is 0 Å². The Morgan fingerprint density at radius 2 is 2.12 bits per heavy atom. The number of benzene rings is 1. The van der Waals surface area contributed by atoms with E-state index in [1.165, 1.54) is 0 Å². The van der Waals surface area contributed by atoms with Crippen molar-refractivity contribution in [3.05, 3.63) is 33.4 Å². The number of thiocarbonyl (C=S) groups is 1. The fourth-order valence-electron chi connectivity index (χ4n) is 1.11. The molecule has 0 radical (unpaired) electrons. The van der Waals surface area contributed by atoms with Gasteiger partial charge in [-0.05, 0) is 19.1 Å². The predicted molar refractivity (Wildman–Crippen MR) is 58.2 cm³/mol. The van der Waals surface area contributed by atoms with Gasteiger partial charge < -0.3 is 11.1 Å². The number of nitro benzene ring substituents is 1. The maximum absolute atomic E-state index is 13.4. The first-order valence-electron chi connectivity index (χ1n) is 4.04. The summed E-state index contributed by atoms with van der Waals surface area (Å²) in [6, 6.07) is 0.705. The monoisotopic (exact) mass is 247 g/mol. The molecule has 0 saturated heterocycles. The van der Waals surface area contributed by atoms with Crippen LogP contribution >= 0.6 is 12.2 Å². The molecule has 0 unspecified atom stereocenters. The van der Waals surface area contributed by atoms with Crippen molar-refractivity contribution in [3.8, 4) is 0 Å². The van der Waals surface area contributed by atoms with Gasteiger partial charge in [0.15, 0.2) is 10.9 Å². The van der Waals surface area contributed by atoms with Gasteiger partial charge in [0.05, 0.1) is 10.6 Å². The molecule has 5 nitrogen and oxygen atoms in total. The molecule has 0 bridgehead atoms. The average Bonchev–Trinajstić information content (AvgIpc) is 2.18. The first-order chi connectivity index (χ1) is 7.34. The molecule has 0 fully saturated rings. The molecular formula is C8H7F2N3O2S. The minimum Gasteiger partial charge on any atom is -0.376 e. The molecule has 1 aromatic carbocycles. The molecule has 0 saturated carbocycles. The molecule has 3 N–H and O–H groups in total. The molecule has 0 aromatic heterocycles. The van der Waals surface area contributed by atoms with Crippen molar-refractivity contribution in [2.45, 2.75) is 6.92 Å². The Balaban J connectivity index is 3.40. The Morgan fingerprint density at radius 1 is 1.56 bits per heavy atom. The molecule has 1 rings (SSSR count). The molecule has 0 aliphatic rings. The van der Waals surface area contributed by atoms with E-state index in [9.17, 15) is 18.9 Å². The number of halogens is 2. The molecule has 0 aliphatic carbocycles. The van der Waals surface area contributed by atoms with Crippen LogP contribution in [0.15, 0.2) is 6.07 Å². The number of nitrogens with zero attached hydrogens (tertiary/aromatic N) is 1. The van der Waals surface area contributed by atoms with Gasteiger partial charge in [0, 0.05) is 11.6 Å². The molecular weight excluding hydrogens is 240 g/mol. The molecule has 0 spiro atoms. The quantitative estimate of drug-likeness (QED) is 0.473. The zero-order valence-corrected chi connectivity index (χ0v) is 8.90. The van der Waals surface area contributed by atoms with Gasteiger partial charge in [0.2, 0.25) is 5.82 Å². The second-order valence-corrected chi connectivity index (χ2v) is 3.38. The third kappa shape index (κ3) is 2.22. The van der Waals surface area contributed by atoms with Crippen LogP contribution < -0.4 is 11.1 Å². The Kier molecular flexibility index (Phi) is 3.33. The second-order valence-electron chi connectivity index (χ2n) is 2.94. The van der Waals surface area contributed by atoms with Gasteiger partial charge in [-0.25, -0.2) is 4.39 Å². The van der Waals surface area contributed by atoms with Crippen LogP contribution in [0.3, 0.4) is 0 Å². The summed E-state index contributed by atoms with van der Waals surface area (Å²) in [5.74, 6) is -2.17. The summed E-state index contributed by atoms with van der Waals surface area (Å²) in [6.45, 7) is 1.09. The fraction of sp³-hybridized carbons (Fsp3) is 0.125. The van der Waals surface area contributed by atoms with Crippen LogP contribution in [-0.4, -0.2) is 10.0 Å². The van der Waals surface area contributed by atoms with Crippen LogP contribution in [0.2, 0.25) is 0 Å². The molecule has 0 heterocycles. The van der Waals surface area contributed by atoms with Crippen molar-refractivity contribution >= 4 is 28.7 Å². The molecule has 1 aromatic rings. The third-order valence-corrected chi connectivity index (χ3v) is 1.96. The van der Waals surface area contributed by atoms with Crippen molar-refractivity contribution < 1.29 is 13.7 Å². The topological polar surface area (TPSA) is 81.2 Å². The number of anilines is 1. The van der Waals surface area contributed by atoms with E-state index < -0.39 is 27.8 Å². The van der Waals surface area contributed by atoms with Crippen molar-refractivity contribution in [2.24, 2.45) is 5.73 Å². The molecule has 16 heavy (non-hydrogen) atoms. The van der Waals surface area contributed by atoms with Crippen LogP contribution in [0.1, 0.15) is 5.56 Å². The highest BCUT2D eigenvalue weighted by Crippen LogP contribution is 2.28. The number of nitro groups is 1. The second kappa shape index (κ2) is 4.35. The summed E-state index contributed by atoms with van der Waals surface area (Å²) < 4.78 is 26.7. The van der Waals surface area contributed by atoms with Crippen LogP contribution in [0, 0.1) is 28.7 Å². The SMILES string of the molecule is Cc1c(F)c(NC(N)=S)cc([N+](=O)[O-])c1F. The summed E-state index contributed by atoms with van der Waals surface area (Å²) in [5, 5.41) is 12.4. The molecule has 0 aliphatic heterocycles. The van der Waals surface area contributed by atoms with E-state index in [4.69, 9.17) is 5.73 Å². The van der Waals surface area contributed by atoms with E-state index in [0.29, 0.717) is 6.07 Å². The lowest BCUT2D eigenvalue weighted by molar-refractivity contribution is -0.387. The third-order valence-electron chi connectivity index (χ3n) is 1.86. The van der Waals surface area contributed by atoms with Gasteiger partial charge >= 0.3 is 5.69 Å². The highest BCUT2D eigenvalue weighted by Gasteiger charge is 2.22. The van der Waals surface area contributed by atoms with Crippen LogP contribution in [0.25, 0.3) is 0 Å². The van der Waals surface area contributed by atoms with Crippen molar-refractivity contribution in [2.75, 3.05) is 5.32 Å². The summed E-state index contributed by atoms with van der Waals surface area (Å²) in [4.78, 5) is 9.52. The number of rotatable bonds is 2. The number of hydrogen-bond donors (Lipinski definition) is 2. The van der Waals surface area contributed by atoms with Gasteiger partial charge in [-0.3, -0.25) is 10.1 Å². The van der Waals surface area contributed by atoms with E-state index in [1.54, 1.807) is 0 Å². The smallest absolute Gasteiger partial charge is 0.307 e. The van der Waals surface area contributed by atoms with Crippen LogP contribution in [0.4, 0.5) is 20.2 Å². The fourth-order valence-corrected chi connectivity index (χ4v) is 1.22. The number of nitrogens with one attached hydrogen (secondary N) is 1. The van der Waals surface area contributed by atoms with Gasteiger partial charge in [-0.1, -0.05) is 0 Å². The maximum Gasteiger partial charge on any atom is 0.307 e. The Labute approximate surface area is 94.4 Å². The Hall–Kier alpha value is -1.83. The first-order valence-corrected chi connectivity index (χ1v) is 4.45. The number of nitrogens with two attached hydrogens (primary N) is 1. The first kappa shape index (κ1) is 12.2. The maximum atomic E-state index is 13.4. The van der Waals surface area contributed by atoms with E-state index in [0.717, 1.165) is 6.92 Å². The van der Waals surface area contributed by atoms with E-state index in [-0.39, 0.29) is 10.8 Å². The number of hydrogen-bond acceptors (Lipinski definition) is 3. The van der Waals surface area contributed by atoms with E-state index in [2.05, 4.69) is 17.5 Å². The predicted octanol–water partition coefficient (Wildman–Crippen LogP) is 1.84. The van der Waals surface area contributed by atoms with Crippen molar-refractivity contribution in [1.29, 1.82) is 0 Å². The van der Waals surface area contributed by atoms with E-state index in [1.807, 2.05) is 0 Å². The highest BCUT2D eigenvalue weighted by atomic mass is 32.1. The average molecular weight is 247 g/mol. The van der Waals surface area contributed by atoms with E-state index >= 15 is 0 Å². The lowest BCUT2D eigenvalue weighted by Crippen LogP contribution is -2.20. The van der Waals surface area contributed by atoms with Gasteiger partial charge in [0.1, 0.15) is 0 Å². The molecule has 8 heteroatoms. The largest absolute Gasteiger partial charge is 0.376 e. The minimum atomic E-state index is -1.21. The lowest BCUT2D eigenvalue weighted by Gasteiger charge is -2.08. The zero-order chi connectivity index (χ0) is 12.5. The Bertz CT molecular complexity index is 479. The summed E-state index contributed by atoms with van der Waals surface area (Å²) in [7, 11) is 0. The van der Waals surface area contributed by atoms with Crippen molar-refractivity contribution in [1.82, 2.24) is 0 Å². The molecule has 0 atom stereocenters. The van der Waals surface area contributed by atoms with Crippen LogP contribution in [0.5, 0.6) is 0 Å². The normalized spacial score (nSPS) is 9.94. The van der Waals surface area contributed by atoms with Gasteiger partial charge in [-0.15, -0.1) is 0 Å². The minimum absolute atomic E-state index is 0.265. The summed E-state index contributed by atoms with van der Waals surface area (Å²) >= 11 is 4.46. The van der Waals surface area contributed by atoms with Gasteiger partial charge in [0.25, 0.3) is 0 Å². The Morgan fingerprint density at radius 3 is 2.56 bits per heavy atom. The molecule has 0 amide bonds. The molecule has 86 valence electrons. The lowest BCUT2D eigenvalue weighted by atomic mass is 10.1. The summed E-state index contributed by atoms with van der Waals surface area (Å²) in [5.41, 5.74) is 3.48. The standard InChI is InChI=1S/C8H7F2N3O2S/c1-3-6(9)4(12-8(11)16)2-5(7(3)10)13(14)15/h2H,1H3,(H3,11,12,16). The van der Waals surface area contributed by atoms with Gasteiger partial charge in [-0.2, -0.15) is 4.39 Å².